The largest absolute Gasteiger partial charge is 0.382 e. The van der Waals surface area contributed by atoms with Gasteiger partial charge in [0.25, 0.3) is 0 Å². The zero-order valence-corrected chi connectivity index (χ0v) is 15.6. The van der Waals surface area contributed by atoms with Gasteiger partial charge in [0.05, 0.1) is 0 Å². The fraction of sp³-hybridized carbons (Fsp3) is 0.588. The summed E-state index contributed by atoms with van der Waals surface area (Å²) in [5, 5.41) is 6.52. The van der Waals surface area contributed by atoms with Crippen molar-refractivity contribution < 1.29 is 9.13 Å². The van der Waals surface area contributed by atoms with E-state index in [4.69, 9.17) is 4.74 Å². The summed E-state index contributed by atoms with van der Waals surface area (Å²) in [7, 11) is 1.75. The first-order chi connectivity index (χ1) is 11.2. The van der Waals surface area contributed by atoms with Gasteiger partial charge in [-0.05, 0) is 50.3 Å². The fourth-order valence-corrected chi connectivity index (χ4v) is 2.44. The van der Waals surface area contributed by atoms with Crippen molar-refractivity contribution in [1.29, 1.82) is 0 Å². The highest BCUT2D eigenvalue weighted by Crippen LogP contribution is 2.16. The lowest BCUT2D eigenvalue weighted by Crippen LogP contribution is -2.38. The second-order valence-electron chi connectivity index (χ2n) is 5.17. The summed E-state index contributed by atoms with van der Waals surface area (Å²) < 4.78 is 19.8. The highest BCUT2D eigenvalue weighted by molar-refractivity contribution is 9.10. The molecule has 0 aliphatic carbocycles. The molecule has 0 saturated carbocycles. The highest BCUT2D eigenvalue weighted by atomic mass is 79.9. The average molecular weight is 388 g/mol. The maximum atomic E-state index is 13.7. The van der Waals surface area contributed by atoms with Crippen LogP contribution >= 0.6 is 15.9 Å². The number of hydrogen-bond donors (Lipinski definition) is 2. The Hall–Kier alpha value is -1.14. The Morgan fingerprint density at radius 1 is 1.22 bits per heavy atom. The molecule has 1 aromatic rings. The van der Waals surface area contributed by atoms with Gasteiger partial charge in [0.2, 0.25) is 0 Å². The average Bonchev–Trinajstić information content (AvgIpc) is 2.54. The van der Waals surface area contributed by atoms with E-state index in [9.17, 15) is 4.39 Å². The van der Waals surface area contributed by atoms with E-state index in [1.165, 1.54) is 6.07 Å². The van der Waals surface area contributed by atoms with Crippen LogP contribution in [-0.2, 0) is 11.2 Å². The third-order valence-corrected chi connectivity index (χ3v) is 3.86. The molecule has 0 aromatic heterocycles. The summed E-state index contributed by atoms with van der Waals surface area (Å²) in [6.07, 6.45) is 3.65. The van der Waals surface area contributed by atoms with Crippen LogP contribution in [0.2, 0.25) is 0 Å². The van der Waals surface area contributed by atoms with E-state index in [0.29, 0.717) is 6.42 Å². The van der Waals surface area contributed by atoms with Crippen molar-refractivity contribution in [1.82, 2.24) is 10.6 Å². The predicted octanol–water partition coefficient (Wildman–Crippen LogP) is 3.50. The van der Waals surface area contributed by atoms with Crippen molar-refractivity contribution in [3.63, 3.8) is 0 Å². The molecule has 0 atom stereocenters. The molecule has 1 aromatic carbocycles. The Morgan fingerprint density at radius 3 is 2.61 bits per heavy atom. The Kier molecular flexibility index (Phi) is 10.6. The molecule has 6 heteroatoms. The number of benzene rings is 1. The summed E-state index contributed by atoms with van der Waals surface area (Å²) in [4.78, 5) is 4.18. The summed E-state index contributed by atoms with van der Waals surface area (Å²) in [5.74, 6) is 0.633. The fourth-order valence-electron chi connectivity index (χ4n) is 2.11. The van der Waals surface area contributed by atoms with Gasteiger partial charge in [0.15, 0.2) is 5.96 Å². The molecule has 23 heavy (non-hydrogen) atoms. The van der Waals surface area contributed by atoms with Crippen molar-refractivity contribution in [2.75, 3.05) is 33.4 Å². The molecule has 4 nitrogen and oxygen atoms in total. The van der Waals surface area contributed by atoms with Gasteiger partial charge in [0.1, 0.15) is 5.82 Å². The Balaban J connectivity index is 2.15. The number of nitrogens with one attached hydrogen (secondary N) is 2. The van der Waals surface area contributed by atoms with E-state index < -0.39 is 0 Å². The highest BCUT2D eigenvalue weighted by Gasteiger charge is 2.03. The van der Waals surface area contributed by atoms with E-state index in [0.717, 1.165) is 61.6 Å². The second-order valence-corrected chi connectivity index (χ2v) is 6.08. The van der Waals surface area contributed by atoms with Crippen LogP contribution in [0.4, 0.5) is 4.39 Å². The maximum absolute atomic E-state index is 13.7. The number of aliphatic imine (C=N–C) groups is 1. The molecule has 0 amide bonds. The minimum atomic E-state index is -0.156. The van der Waals surface area contributed by atoms with Gasteiger partial charge in [-0.2, -0.15) is 0 Å². The van der Waals surface area contributed by atoms with E-state index >= 15 is 0 Å². The van der Waals surface area contributed by atoms with Crippen molar-refractivity contribution in [3.8, 4) is 0 Å². The zero-order chi connectivity index (χ0) is 16.9. The van der Waals surface area contributed by atoms with E-state index in [1.54, 1.807) is 7.05 Å². The Labute approximate surface area is 147 Å². The van der Waals surface area contributed by atoms with Crippen LogP contribution in [0.5, 0.6) is 0 Å². The monoisotopic (exact) mass is 387 g/mol. The minimum absolute atomic E-state index is 0.156. The van der Waals surface area contributed by atoms with E-state index in [2.05, 4.69) is 31.6 Å². The predicted molar refractivity (Wildman–Crippen MR) is 97.5 cm³/mol. The van der Waals surface area contributed by atoms with Gasteiger partial charge >= 0.3 is 0 Å². The molecular formula is C17H27BrFN3O. The lowest BCUT2D eigenvalue weighted by Gasteiger charge is -2.12. The van der Waals surface area contributed by atoms with Crippen LogP contribution in [0.3, 0.4) is 0 Å². The number of hydrogen-bond acceptors (Lipinski definition) is 2. The molecular weight excluding hydrogens is 361 g/mol. The number of nitrogens with zero attached hydrogens (tertiary/aromatic N) is 1. The van der Waals surface area contributed by atoms with Gasteiger partial charge < -0.3 is 15.4 Å². The topological polar surface area (TPSA) is 45.6 Å². The lowest BCUT2D eigenvalue weighted by atomic mass is 10.1. The van der Waals surface area contributed by atoms with Crippen LogP contribution < -0.4 is 10.6 Å². The quantitative estimate of drug-likeness (QED) is 0.366. The van der Waals surface area contributed by atoms with Gasteiger partial charge in [-0.1, -0.05) is 22.0 Å². The van der Waals surface area contributed by atoms with Crippen LogP contribution in [0, 0.1) is 5.82 Å². The van der Waals surface area contributed by atoms with Gasteiger partial charge in [0, 0.05) is 37.8 Å². The molecule has 0 radical (unpaired) electrons. The van der Waals surface area contributed by atoms with Crippen LogP contribution in [0.15, 0.2) is 27.7 Å². The van der Waals surface area contributed by atoms with Gasteiger partial charge in [-0.3, -0.25) is 4.99 Å². The van der Waals surface area contributed by atoms with Gasteiger partial charge in [-0.25, -0.2) is 4.39 Å². The zero-order valence-electron chi connectivity index (χ0n) is 14.0. The molecule has 0 unspecified atom stereocenters. The minimum Gasteiger partial charge on any atom is -0.382 e. The molecule has 0 bridgehead atoms. The maximum Gasteiger partial charge on any atom is 0.190 e. The SMILES string of the molecule is CCOCCCCNC(=NC)NCCCc1ccc(Br)cc1F. The lowest BCUT2D eigenvalue weighted by molar-refractivity contribution is 0.143. The second kappa shape index (κ2) is 12.3. The number of unbranched alkanes of at least 4 members (excludes halogenated alkanes) is 1. The third kappa shape index (κ3) is 8.91. The van der Waals surface area contributed by atoms with Crippen molar-refractivity contribution in [3.05, 3.63) is 34.1 Å². The van der Waals surface area contributed by atoms with E-state index in [-0.39, 0.29) is 5.82 Å². The summed E-state index contributed by atoms with van der Waals surface area (Å²) >= 11 is 3.27. The smallest absolute Gasteiger partial charge is 0.190 e. The Bertz CT molecular complexity index is 483. The van der Waals surface area contributed by atoms with Crippen molar-refractivity contribution in [2.24, 2.45) is 4.99 Å². The number of guanidine groups is 1. The summed E-state index contributed by atoms with van der Waals surface area (Å²) in [6.45, 7) is 5.21. The molecule has 0 fully saturated rings. The number of halogens is 2. The summed E-state index contributed by atoms with van der Waals surface area (Å²) in [5.41, 5.74) is 0.744. The van der Waals surface area contributed by atoms with Crippen molar-refractivity contribution >= 4 is 21.9 Å². The molecule has 0 saturated heterocycles. The van der Waals surface area contributed by atoms with Crippen LogP contribution in [-0.4, -0.2) is 39.3 Å². The molecule has 0 heterocycles. The molecule has 130 valence electrons. The number of ether oxygens (including phenoxy) is 1. The van der Waals surface area contributed by atoms with Crippen LogP contribution in [0.1, 0.15) is 31.7 Å². The third-order valence-electron chi connectivity index (χ3n) is 3.37. The van der Waals surface area contributed by atoms with Gasteiger partial charge in [-0.15, -0.1) is 0 Å². The molecule has 0 aliphatic rings. The summed E-state index contributed by atoms with van der Waals surface area (Å²) in [6, 6.07) is 5.20. The molecule has 2 N–H and O–H groups in total. The first-order valence-electron chi connectivity index (χ1n) is 8.13. The Morgan fingerprint density at radius 2 is 1.96 bits per heavy atom. The first-order valence-corrected chi connectivity index (χ1v) is 8.92. The standard InChI is InChI=1S/C17H27BrFN3O/c1-3-23-12-5-4-10-21-17(20-2)22-11-6-7-14-8-9-15(18)13-16(14)19/h8-9,13H,3-7,10-12H2,1-2H3,(H2,20,21,22). The number of aryl methyl sites for hydroxylation is 1. The number of rotatable bonds is 10. The van der Waals surface area contributed by atoms with Crippen LogP contribution in [0.25, 0.3) is 0 Å². The molecule has 0 aliphatic heterocycles. The molecule has 0 spiro atoms. The van der Waals surface area contributed by atoms with Crippen molar-refractivity contribution in [2.45, 2.75) is 32.6 Å². The molecule has 1 rings (SSSR count). The normalized spacial score (nSPS) is 11.6. The van der Waals surface area contributed by atoms with E-state index in [1.807, 2.05) is 19.1 Å². The first kappa shape index (κ1) is 19.9.